The summed E-state index contributed by atoms with van der Waals surface area (Å²) in [4.78, 5) is 0. The average molecular weight is 476 g/mol. The molecule has 0 unspecified atom stereocenters. The van der Waals surface area contributed by atoms with Gasteiger partial charge in [-0.15, -0.1) is 6.42 Å². The summed E-state index contributed by atoms with van der Waals surface area (Å²) in [5, 5.41) is 0. The van der Waals surface area contributed by atoms with Crippen molar-refractivity contribution in [3.05, 3.63) is 108 Å². The molecule has 2 aromatic carbocycles. The Labute approximate surface area is 213 Å². The Balaban J connectivity index is 0.000000345. The molecule has 0 aliphatic heterocycles. The van der Waals surface area contributed by atoms with Gasteiger partial charge >= 0.3 is 37.6 Å². The molecule has 1 aliphatic rings. The van der Waals surface area contributed by atoms with Gasteiger partial charge in [-0.25, -0.2) is 6.08 Å². The second-order valence-electron chi connectivity index (χ2n) is 9.13. The van der Waals surface area contributed by atoms with Gasteiger partial charge in [0.15, 0.2) is 0 Å². The van der Waals surface area contributed by atoms with Crippen LogP contribution in [0.4, 0.5) is 0 Å². The van der Waals surface area contributed by atoms with Crippen molar-refractivity contribution in [1.29, 1.82) is 0 Å². The Hall–Kier alpha value is -2.22. The van der Waals surface area contributed by atoms with Crippen LogP contribution >= 0.6 is 0 Å². The number of para-hydroxylation sites is 1. The maximum atomic E-state index is 5.87. The van der Waals surface area contributed by atoms with Gasteiger partial charge in [0.1, 0.15) is 12.4 Å². The van der Waals surface area contributed by atoms with Gasteiger partial charge in [0, 0.05) is 0 Å². The van der Waals surface area contributed by atoms with E-state index in [0.717, 1.165) is 12.2 Å². The van der Waals surface area contributed by atoms with Crippen LogP contribution in [-0.4, -0.2) is 10.4 Å². The monoisotopic (exact) mass is 475 g/mol. The predicted octanol–water partition coefficient (Wildman–Crippen LogP) is 8.58. The first-order valence-electron chi connectivity index (χ1n) is 11.5. The quantitative estimate of drug-likeness (QED) is 0.239. The van der Waals surface area contributed by atoms with E-state index in [9.17, 15) is 0 Å². The van der Waals surface area contributed by atoms with Crippen molar-refractivity contribution in [2.75, 3.05) is 6.61 Å². The van der Waals surface area contributed by atoms with E-state index < -0.39 is 0 Å². The third-order valence-electron chi connectivity index (χ3n) is 4.70. The fraction of sp³-hybridized carbons (Fsp3) is 0.323. The first-order valence-corrected chi connectivity index (χ1v) is 12.3. The summed E-state index contributed by atoms with van der Waals surface area (Å²) in [6.45, 7) is 15.6. The zero-order chi connectivity index (χ0) is 24.7. The second kappa shape index (κ2) is 15.6. The van der Waals surface area contributed by atoms with Crippen molar-refractivity contribution in [3.8, 4) is 5.75 Å². The maximum absolute atomic E-state index is 5.87. The van der Waals surface area contributed by atoms with Crippen molar-refractivity contribution < 1.29 is 24.7 Å². The summed E-state index contributed by atoms with van der Waals surface area (Å²) in [6.07, 6.45) is 12.8. The molecule has 0 aromatic heterocycles. The number of allylic oxidation sites excluding steroid dienone is 7. The Morgan fingerprint density at radius 1 is 0.970 bits per heavy atom. The van der Waals surface area contributed by atoms with Gasteiger partial charge < -0.3 is 4.74 Å². The van der Waals surface area contributed by atoms with Crippen LogP contribution in [0.25, 0.3) is 5.57 Å². The summed E-state index contributed by atoms with van der Waals surface area (Å²) < 4.78 is 7.29. The molecule has 1 aliphatic carbocycles. The fourth-order valence-corrected chi connectivity index (χ4v) is 2.82. The molecule has 0 saturated carbocycles. The summed E-state index contributed by atoms with van der Waals surface area (Å²) >= 11 is 2.08. The van der Waals surface area contributed by atoms with Crippen molar-refractivity contribution in [3.63, 3.8) is 0 Å². The molecule has 0 spiro atoms. The van der Waals surface area contributed by atoms with E-state index in [1.165, 1.54) is 26.1 Å². The SMILES string of the molecule is CC(C)(C)C1=CC[C-]=C1.CC=C(C)C=C(COc1ccccc1)c1ccccc1.C[C](C)=[Ti+]. The van der Waals surface area contributed by atoms with E-state index in [1.54, 1.807) is 0 Å². The van der Waals surface area contributed by atoms with Gasteiger partial charge in [0.2, 0.25) is 0 Å². The van der Waals surface area contributed by atoms with Crippen molar-refractivity contribution >= 4 is 9.38 Å². The molecule has 0 N–H and O–H groups in total. The molecule has 0 saturated heterocycles. The van der Waals surface area contributed by atoms with Crippen LogP contribution in [0.3, 0.4) is 0 Å². The van der Waals surface area contributed by atoms with E-state index in [1.807, 2.05) is 43.3 Å². The first kappa shape index (κ1) is 28.8. The number of ether oxygens (including phenoxy) is 1. The molecule has 0 atom stereocenters. The zero-order valence-electron chi connectivity index (χ0n) is 21.4. The molecule has 0 bridgehead atoms. The number of benzene rings is 2. The van der Waals surface area contributed by atoms with Gasteiger partial charge in [0.25, 0.3) is 0 Å². The Morgan fingerprint density at radius 2 is 1.52 bits per heavy atom. The van der Waals surface area contributed by atoms with Crippen molar-refractivity contribution in [1.82, 2.24) is 0 Å². The zero-order valence-corrected chi connectivity index (χ0v) is 23.0. The summed E-state index contributed by atoms with van der Waals surface area (Å²) in [5.41, 5.74) is 5.36. The van der Waals surface area contributed by atoms with E-state index in [-0.39, 0.29) is 0 Å². The predicted molar refractivity (Wildman–Crippen MR) is 142 cm³/mol. The summed E-state index contributed by atoms with van der Waals surface area (Å²) in [7, 11) is 0. The molecule has 1 nitrogen and oxygen atoms in total. The average Bonchev–Trinajstić information content (AvgIpc) is 3.34. The number of hydrogen-bond donors (Lipinski definition) is 0. The molecule has 0 fully saturated rings. The molecule has 0 radical (unpaired) electrons. The van der Waals surface area contributed by atoms with Gasteiger partial charge in [-0.05, 0) is 37.1 Å². The Morgan fingerprint density at radius 3 is 1.94 bits per heavy atom. The van der Waals surface area contributed by atoms with Crippen LogP contribution in [0, 0.1) is 11.5 Å². The molecule has 33 heavy (non-hydrogen) atoms. The molecule has 173 valence electrons. The molecule has 2 heteroatoms. The van der Waals surface area contributed by atoms with E-state index in [4.69, 9.17) is 4.74 Å². The van der Waals surface area contributed by atoms with Crippen LogP contribution in [0.2, 0.25) is 0 Å². The van der Waals surface area contributed by atoms with E-state index >= 15 is 0 Å². The third kappa shape index (κ3) is 13.2. The standard InChI is InChI=1S/C19H20O.C9H13.C3H6.Ti/c1-3-16(2)14-18(17-10-6-4-7-11-17)15-20-19-12-8-5-9-13-19;1-9(2,3)8-6-4-5-7-8;1-3-2;/h3-14H,15H2,1-2H3;6-7H,4H2,1-3H3;1-2H3;/q;-1;;+1. The van der Waals surface area contributed by atoms with Gasteiger partial charge in [-0.1, -0.05) is 92.4 Å². The third-order valence-corrected chi connectivity index (χ3v) is 4.70. The van der Waals surface area contributed by atoms with E-state index in [2.05, 4.69) is 116 Å². The summed E-state index contributed by atoms with van der Waals surface area (Å²) in [6, 6.07) is 20.3. The van der Waals surface area contributed by atoms with Crippen molar-refractivity contribution in [2.24, 2.45) is 5.41 Å². The second-order valence-corrected chi connectivity index (χ2v) is 10.7. The summed E-state index contributed by atoms with van der Waals surface area (Å²) in [5.74, 6) is 0.896. The van der Waals surface area contributed by atoms with Gasteiger partial charge in [0.05, 0.1) is 0 Å². The molecule has 0 amide bonds. The molecular formula is C31H39OTi. The minimum absolute atomic E-state index is 0.323. The minimum atomic E-state index is 0.323. The molecule has 2 aromatic rings. The van der Waals surface area contributed by atoms with Crippen LogP contribution in [0.1, 0.15) is 60.5 Å². The number of hydrogen-bond acceptors (Lipinski definition) is 1. The normalized spacial score (nSPS) is 13.3. The fourth-order valence-electron chi connectivity index (χ4n) is 2.82. The molecule has 3 rings (SSSR count). The topological polar surface area (TPSA) is 9.23 Å². The Bertz CT molecular complexity index is 951. The first-order chi connectivity index (χ1) is 15.6. The number of rotatable bonds is 5. The van der Waals surface area contributed by atoms with Crippen LogP contribution < -0.4 is 4.74 Å². The van der Waals surface area contributed by atoms with Crippen molar-refractivity contribution in [2.45, 2.75) is 54.9 Å². The molecular weight excluding hydrogens is 436 g/mol. The van der Waals surface area contributed by atoms with Gasteiger partial charge in [-0.3, -0.25) is 6.08 Å². The van der Waals surface area contributed by atoms with E-state index in [0.29, 0.717) is 12.0 Å². The molecule has 0 heterocycles. The Kier molecular flexibility index (Phi) is 13.6. The van der Waals surface area contributed by atoms with Crippen LogP contribution in [0.5, 0.6) is 5.75 Å². The van der Waals surface area contributed by atoms with Crippen LogP contribution in [0.15, 0.2) is 96.1 Å². The van der Waals surface area contributed by atoms with Gasteiger partial charge in [-0.2, -0.15) is 11.6 Å². The van der Waals surface area contributed by atoms with Crippen LogP contribution in [-0.2, 0) is 20.0 Å².